The van der Waals surface area contributed by atoms with Crippen molar-refractivity contribution in [2.45, 2.75) is 26.4 Å². The average molecular weight is 194 g/mol. The zero-order chi connectivity index (χ0) is 10.6. The quantitative estimate of drug-likeness (QED) is 0.798. The van der Waals surface area contributed by atoms with Crippen LogP contribution in [0, 0.1) is 5.92 Å². The van der Waals surface area contributed by atoms with E-state index in [4.69, 9.17) is 4.74 Å². The maximum absolute atomic E-state index is 9.92. The number of aliphatic hydroxyl groups excluding tert-OH is 1. The molecule has 14 heavy (non-hydrogen) atoms. The molecule has 1 aromatic rings. The monoisotopic (exact) mass is 194 g/mol. The second-order valence-electron chi connectivity index (χ2n) is 3.89. The first-order valence-corrected chi connectivity index (χ1v) is 4.96. The summed E-state index contributed by atoms with van der Waals surface area (Å²) < 4.78 is 5.19. The maximum Gasteiger partial charge on any atom is 0.124 e. The molecule has 0 saturated carbocycles. The number of para-hydroxylation sites is 1. The molecule has 1 aromatic carbocycles. The van der Waals surface area contributed by atoms with Gasteiger partial charge >= 0.3 is 0 Å². The Hall–Kier alpha value is -1.02. The van der Waals surface area contributed by atoms with Crippen LogP contribution in [-0.4, -0.2) is 12.2 Å². The summed E-state index contributed by atoms with van der Waals surface area (Å²) in [6.07, 6.45) is 0.339. The standard InChI is InChI=1S/C12H18O2/c1-9(2)8-11(13)10-6-4-5-7-12(10)14-3/h4-7,9,11,13H,8H2,1-3H3/t11-/m1/s1. The number of benzene rings is 1. The third-order valence-corrected chi connectivity index (χ3v) is 2.19. The lowest BCUT2D eigenvalue weighted by Crippen LogP contribution is -2.03. The molecule has 78 valence electrons. The first-order chi connectivity index (χ1) is 6.65. The first-order valence-electron chi connectivity index (χ1n) is 4.96. The Morgan fingerprint density at radius 3 is 2.50 bits per heavy atom. The summed E-state index contributed by atoms with van der Waals surface area (Å²) in [6, 6.07) is 7.61. The van der Waals surface area contributed by atoms with Gasteiger partial charge in [-0.2, -0.15) is 0 Å². The third kappa shape index (κ3) is 2.74. The average Bonchev–Trinajstić information content (AvgIpc) is 2.16. The van der Waals surface area contributed by atoms with Gasteiger partial charge in [0, 0.05) is 5.56 Å². The highest BCUT2D eigenvalue weighted by Crippen LogP contribution is 2.28. The van der Waals surface area contributed by atoms with Gasteiger partial charge in [-0.25, -0.2) is 0 Å². The molecule has 0 amide bonds. The van der Waals surface area contributed by atoms with E-state index < -0.39 is 6.10 Å². The van der Waals surface area contributed by atoms with Crippen molar-refractivity contribution >= 4 is 0 Å². The molecular weight excluding hydrogens is 176 g/mol. The van der Waals surface area contributed by atoms with Crippen LogP contribution in [0.5, 0.6) is 5.75 Å². The Balaban J connectivity index is 2.82. The van der Waals surface area contributed by atoms with Crippen LogP contribution in [0.15, 0.2) is 24.3 Å². The fourth-order valence-electron chi connectivity index (χ4n) is 1.52. The molecule has 2 heteroatoms. The summed E-state index contributed by atoms with van der Waals surface area (Å²) in [6.45, 7) is 4.19. The molecule has 0 aliphatic carbocycles. The van der Waals surface area contributed by atoms with Crippen LogP contribution >= 0.6 is 0 Å². The first kappa shape index (κ1) is 11.1. The Morgan fingerprint density at radius 2 is 1.93 bits per heavy atom. The number of rotatable bonds is 4. The highest BCUT2D eigenvalue weighted by Gasteiger charge is 2.13. The van der Waals surface area contributed by atoms with E-state index in [1.54, 1.807) is 7.11 Å². The molecule has 2 nitrogen and oxygen atoms in total. The molecule has 0 saturated heterocycles. The number of ether oxygens (including phenoxy) is 1. The fraction of sp³-hybridized carbons (Fsp3) is 0.500. The molecule has 0 spiro atoms. The fourth-order valence-corrected chi connectivity index (χ4v) is 1.52. The molecule has 0 aromatic heterocycles. The topological polar surface area (TPSA) is 29.5 Å². The van der Waals surface area contributed by atoms with Crippen molar-refractivity contribution in [3.05, 3.63) is 29.8 Å². The van der Waals surface area contributed by atoms with E-state index >= 15 is 0 Å². The molecular formula is C12H18O2. The molecule has 0 aliphatic heterocycles. The molecule has 0 bridgehead atoms. The predicted molar refractivity (Wildman–Crippen MR) is 57.4 cm³/mol. The van der Waals surface area contributed by atoms with E-state index in [1.807, 2.05) is 24.3 Å². The van der Waals surface area contributed by atoms with Gasteiger partial charge in [0.05, 0.1) is 13.2 Å². The van der Waals surface area contributed by atoms with Crippen LogP contribution in [-0.2, 0) is 0 Å². The minimum absolute atomic E-state index is 0.425. The summed E-state index contributed by atoms with van der Waals surface area (Å²) >= 11 is 0. The zero-order valence-corrected chi connectivity index (χ0v) is 9.03. The highest BCUT2D eigenvalue weighted by atomic mass is 16.5. The van der Waals surface area contributed by atoms with Crippen LogP contribution in [0.25, 0.3) is 0 Å². The lowest BCUT2D eigenvalue weighted by atomic mass is 9.99. The second-order valence-corrected chi connectivity index (χ2v) is 3.89. The number of hydrogen-bond donors (Lipinski definition) is 1. The van der Waals surface area contributed by atoms with E-state index in [0.717, 1.165) is 17.7 Å². The Bertz CT molecular complexity index is 281. The van der Waals surface area contributed by atoms with Crippen molar-refractivity contribution in [1.29, 1.82) is 0 Å². The lowest BCUT2D eigenvalue weighted by Gasteiger charge is -2.16. The summed E-state index contributed by atoms with van der Waals surface area (Å²) in [5, 5.41) is 9.92. The van der Waals surface area contributed by atoms with Crippen molar-refractivity contribution in [1.82, 2.24) is 0 Å². The SMILES string of the molecule is COc1ccccc1[C@H](O)CC(C)C. The smallest absolute Gasteiger partial charge is 0.124 e. The minimum atomic E-state index is -0.425. The van der Waals surface area contributed by atoms with Crippen molar-refractivity contribution in [2.24, 2.45) is 5.92 Å². The Labute approximate surface area is 85.5 Å². The number of aliphatic hydroxyl groups is 1. The molecule has 0 heterocycles. The van der Waals surface area contributed by atoms with Gasteiger partial charge in [-0.15, -0.1) is 0 Å². The van der Waals surface area contributed by atoms with E-state index in [9.17, 15) is 5.11 Å². The third-order valence-electron chi connectivity index (χ3n) is 2.19. The van der Waals surface area contributed by atoms with Gasteiger partial charge < -0.3 is 9.84 Å². The van der Waals surface area contributed by atoms with Crippen LogP contribution in [0.2, 0.25) is 0 Å². The van der Waals surface area contributed by atoms with Crippen LogP contribution < -0.4 is 4.74 Å². The largest absolute Gasteiger partial charge is 0.496 e. The molecule has 1 rings (SSSR count). The maximum atomic E-state index is 9.92. The molecule has 0 fully saturated rings. The number of hydrogen-bond acceptors (Lipinski definition) is 2. The Kier molecular flexibility index (Phi) is 3.96. The summed E-state index contributed by atoms with van der Waals surface area (Å²) in [4.78, 5) is 0. The molecule has 0 radical (unpaired) electrons. The minimum Gasteiger partial charge on any atom is -0.496 e. The lowest BCUT2D eigenvalue weighted by molar-refractivity contribution is 0.147. The van der Waals surface area contributed by atoms with Gasteiger partial charge in [-0.05, 0) is 18.4 Å². The van der Waals surface area contributed by atoms with Gasteiger partial charge in [-0.3, -0.25) is 0 Å². The van der Waals surface area contributed by atoms with E-state index in [2.05, 4.69) is 13.8 Å². The number of methoxy groups -OCH3 is 1. The van der Waals surface area contributed by atoms with Crippen molar-refractivity contribution in [3.8, 4) is 5.75 Å². The zero-order valence-electron chi connectivity index (χ0n) is 9.03. The van der Waals surface area contributed by atoms with E-state index in [1.165, 1.54) is 0 Å². The second kappa shape index (κ2) is 5.01. The van der Waals surface area contributed by atoms with E-state index in [-0.39, 0.29) is 0 Å². The van der Waals surface area contributed by atoms with E-state index in [0.29, 0.717) is 5.92 Å². The molecule has 0 aliphatic rings. The van der Waals surface area contributed by atoms with Crippen molar-refractivity contribution in [3.63, 3.8) is 0 Å². The predicted octanol–water partition coefficient (Wildman–Crippen LogP) is 2.77. The van der Waals surface area contributed by atoms with Gasteiger partial charge in [0.25, 0.3) is 0 Å². The van der Waals surface area contributed by atoms with Gasteiger partial charge in [0.2, 0.25) is 0 Å². The Morgan fingerprint density at radius 1 is 1.29 bits per heavy atom. The van der Waals surface area contributed by atoms with Crippen LogP contribution in [0.4, 0.5) is 0 Å². The van der Waals surface area contributed by atoms with Gasteiger partial charge in [0.1, 0.15) is 5.75 Å². The van der Waals surface area contributed by atoms with Crippen molar-refractivity contribution in [2.75, 3.05) is 7.11 Å². The normalized spacial score (nSPS) is 12.9. The van der Waals surface area contributed by atoms with Gasteiger partial charge in [0.15, 0.2) is 0 Å². The summed E-state index contributed by atoms with van der Waals surface area (Å²) in [5.74, 6) is 1.25. The summed E-state index contributed by atoms with van der Waals surface area (Å²) in [7, 11) is 1.63. The van der Waals surface area contributed by atoms with Crippen LogP contribution in [0.1, 0.15) is 31.9 Å². The molecule has 0 unspecified atom stereocenters. The molecule has 1 N–H and O–H groups in total. The molecule has 1 atom stereocenters. The highest BCUT2D eigenvalue weighted by molar-refractivity contribution is 5.34. The van der Waals surface area contributed by atoms with Crippen molar-refractivity contribution < 1.29 is 9.84 Å². The van der Waals surface area contributed by atoms with Crippen LogP contribution in [0.3, 0.4) is 0 Å². The summed E-state index contributed by atoms with van der Waals surface area (Å²) in [5.41, 5.74) is 0.878. The van der Waals surface area contributed by atoms with Gasteiger partial charge in [-0.1, -0.05) is 32.0 Å².